The SMILES string of the molecule is Cc1ccc(CCC(N)c2cc(C)cc(C)c2)cc1. The van der Waals surface area contributed by atoms with Crippen LogP contribution in [-0.4, -0.2) is 0 Å². The smallest absolute Gasteiger partial charge is 0.0298 e. The average molecular weight is 253 g/mol. The molecule has 1 heteroatoms. The van der Waals surface area contributed by atoms with E-state index >= 15 is 0 Å². The fourth-order valence-corrected chi connectivity index (χ4v) is 2.47. The van der Waals surface area contributed by atoms with E-state index in [4.69, 9.17) is 5.73 Å². The molecule has 0 aliphatic heterocycles. The molecule has 2 N–H and O–H groups in total. The summed E-state index contributed by atoms with van der Waals surface area (Å²) in [5.41, 5.74) is 12.8. The molecule has 0 aliphatic rings. The lowest BCUT2D eigenvalue weighted by Gasteiger charge is -2.14. The first-order valence-electron chi connectivity index (χ1n) is 6.94. The van der Waals surface area contributed by atoms with Gasteiger partial charge in [0.1, 0.15) is 0 Å². The van der Waals surface area contributed by atoms with Crippen molar-refractivity contribution in [3.8, 4) is 0 Å². The molecule has 0 aliphatic carbocycles. The van der Waals surface area contributed by atoms with Gasteiger partial charge in [-0.05, 0) is 44.7 Å². The predicted molar refractivity (Wildman–Crippen MR) is 82.3 cm³/mol. The molecular weight excluding hydrogens is 230 g/mol. The van der Waals surface area contributed by atoms with Gasteiger partial charge in [0.2, 0.25) is 0 Å². The van der Waals surface area contributed by atoms with Gasteiger partial charge < -0.3 is 5.73 Å². The number of rotatable bonds is 4. The van der Waals surface area contributed by atoms with E-state index in [9.17, 15) is 0 Å². The molecule has 1 unspecified atom stereocenters. The number of hydrogen-bond acceptors (Lipinski definition) is 1. The molecule has 0 amide bonds. The predicted octanol–water partition coefficient (Wildman–Crippen LogP) is 4.24. The van der Waals surface area contributed by atoms with Crippen LogP contribution in [0.3, 0.4) is 0 Å². The summed E-state index contributed by atoms with van der Waals surface area (Å²) in [6, 6.07) is 15.4. The molecule has 0 spiro atoms. The number of hydrogen-bond donors (Lipinski definition) is 1. The van der Waals surface area contributed by atoms with Gasteiger partial charge in [0, 0.05) is 6.04 Å². The van der Waals surface area contributed by atoms with Gasteiger partial charge >= 0.3 is 0 Å². The Bertz CT molecular complexity index is 520. The lowest BCUT2D eigenvalue weighted by atomic mass is 9.96. The summed E-state index contributed by atoms with van der Waals surface area (Å²) in [5.74, 6) is 0. The molecule has 0 bridgehead atoms. The molecule has 2 rings (SSSR count). The summed E-state index contributed by atoms with van der Waals surface area (Å²) >= 11 is 0. The highest BCUT2D eigenvalue weighted by Gasteiger charge is 2.07. The Hall–Kier alpha value is -1.60. The van der Waals surface area contributed by atoms with Crippen molar-refractivity contribution in [2.45, 2.75) is 39.7 Å². The van der Waals surface area contributed by atoms with E-state index in [1.807, 2.05) is 0 Å². The Balaban J connectivity index is 2.00. The van der Waals surface area contributed by atoms with Crippen LogP contribution in [0, 0.1) is 20.8 Å². The molecule has 19 heavy (non-hydrogen) atoms. The Morgan fingerprint density at radius 3 is 2.00 bits per heavy atom. The first kappa shape index (κ1) is 13.8. The fourth-order valence-electron chi connectivity index (χ4n) is 2.47. The van der Waals surface area contributed by atoms with Gasteiger partial charge in [-0.2, -0.15) is 0 Å². The largest absolute Gasteiger partial charge is 0.324 e. The topological polar surface area (TPSA) is 26.0 Å². The number of aryl methyl sites for hydroxylation is 4. The summed E-state index contributed by atoms with van der Waals surface area (Å²) in [6.45, 7) is 6.37. The second-order valence-electron chi connectivity index (χ2n) is 5.55. The first-order chi connectivity index (χ1) is 9.04. The second kappa shape index (κ2) is 6.03. The molecule has 1 nitrogen and oxygen atoms in total. The third-order valence-corrected chi connectivity index (χ3v) is 3.54. The van der Waals surface area contributed by atoms with Crippen molar-refractivity contribution in [3.05, 3.63) is 70.3 Å². The number of nitrogens with two attached hydrogens (primary N) is 1. The lowest BCUT2D eigenvalue weighted by Crippen LogP contribution is -2.11. The van der Waals surface area contributed by atoms with Crippen LogP contribution in [0.1, 0.15) is 40.3 Å². The maximum atomic E-state index is 6.31. The van der Waals surface area contributed by atoms with Crippen LogP contribution in [0.5, 0.6) is 0 Å². The third-order valence-electron chi connectivity index (χ3n) is 3.54. The summed E-state index contributed by atoms with van der Waals surface area (Å²) in [7, 11) is 0. The highest BCUT2D eigenvalue weighted by Crippen LogP contribution is 2.19. The summed E-state index contributed by atoms with van der Waals surface area (Å²) < 4.78 is 0. The molecule has 2 aromatic rings. The molecule has 0 aromatic heterocycles. The summed E-state index contributed by atoms with van der Waals surface area (Å²) in [4.78, 5) is 0. The molecule has 0 heterocycles. The van der Waals surface area contributed by atoms with Crippen molar-refractivity contribution >= 4 is 0 Å². The highest BCUT2D eigenvalue weighted by atomic mass is 14.6. The quantitative estimate of drug-likeness (QED) is 0.866. The minimum absolute atomic E-state index is 0.125. The van der Waals surface area contributed by atoms with Crippen LogP contribution in [0.15, 0.2) is 42.5 Å². The lowest BCUT2D eigenvalue weighted by molar-refractivity contribution is 0.650. The van der Waals surface area contributed by atoms with E-state index in [0.717, 1.165) is 12.8 Å². The van der Waals surface area contributed by atoms with E-state index in [0.29, 0.717) is 0 Å². The molecular formula is C18H23N. The van der Waals surface area contributed by atoms with E-state index in [1.165, 1.54) is 27.8 Å². The van der Waals surface area contributed by atoms with Gasteiger partial charge in [0.25, 0.3) is 0 Å². The van der Waals surface area contributed by atoms with E-state index < -0.39 is 0 Å². The molecule has 1 atom stereocenters. The monoisotopic (exact) mass is 253 g/mol. The summed E-state index contributed by atoms with van der Waals surface area (Å²) in [5, 5.41) is 0. The zero-order valence-electron chi connectivity index (χ0n) is 12.1. The molecule has 0 saturated carbocycles. The zero-order valence-corrected chi connectivity index (χ0v) is 12.1. The van der Waals surface area contributed by atoms with Crippen molar-refractivity contribution in [1.82, 2.24) is 0 Å². The van der Waals surface area contributed by atoms with E-state index in [-0.39, 0.29) is 6.04 Å². The first-order valence-corrected chi connectivity index (χ1v) is 6.94. The van der Waals surface area contributed by atoms with Gasteiger partial charge in [0.15, 0.2) is 0 Å². The number of benzene rings is 2. The van der Waals surface area contributed by atoms with Crippen LogP contribution in [0.25, 0.3) is 0 Å². The second-order valence-corrected chi connectivity index (χ2v) is 5.55. The van der Waals surface area contributed by atoms with Crippen molar-refractivity contribution in [3.63, 3.8) is 0 Å². The van der Waals surface area contributed by atoms with Gasteiger partial charge in [-0.25, -0.2) is 0 Å². The molecule has 100 valence electrons. The van der Waals surface area contributed by atoms with Crippen LogP contribution >= 0.6 is 0 Å². The van der Waals surface area contributed by atoms with Crippen LogP contribution in [-0.2, 0) is 6.42 Å². The normalized spacial score (nSPS) is 12.4. The Morgan fingerprint density at radius 1 is 0.842 bits per heavy atom. The molecule has 2 aromatic carbocycles. The van der Waals surface area contributed by atoms with Crippen LogP contribution < -0.4 is 5.73 Å². The van der Waals surface area contributed by atoms with Crippen molar-refractivity contribution < 1.29 is 0 Å². The van der Waals surface area contributed by atoms with Gasteiger partial charge in [-0.3, -0.25) is 0 Å². The maximum absolute atomic E-state index is 6.31. The third kappa shape index (κ3) is 3.93. The van der Waals surface area contributed by atoms with E-state index in [2.05, 4.69) is 63.2 Å². The van der Waals surface area contributed by atoms with Crippen LogP contribution in [0.2, 0.25) is 0 Å². The Labute approximate surface area is 116 Å². The van der Waals surface area contributed by atoms with Gasteiger partial charge in [0.05, 0.1) is 0 Å². The maximum Gasteiger partial charge on any atom is 0.0298 e. The zero-order chi connectivity index (χ0) is 13.8. The molecule has 0 fully saturated rings. The Kier molecular flexibility index (Phi) is 4.39. The van der Waals surface area contributed by atoms with Crippen LogP contribution in [0.4, 0.5) is 0 Å². The fraction of sp³-hybridized carbons (Fsp3) is 0.333. The molecule has 0 radical (unpaired) electrons. The average Bonchev–Trinajstić information content (AvgIpc) is 2.36. The van der Waals surface area contributed by atoms with Crippen molar-refractivity contribution in [1.29, 1.82) is 0 Å². The van der Waals surface area contributed by atoms with Gasteiger partial charge in [-0.1, -0.05) is 59.2 Å². The minimum Gasteiger partial charge on any atom is -0.324 e. The van der Waals surface area contributed by atoms with Crippen molar-refractivity contribution in [2.24, 2.45) is 5.73 Å². The molecule has 0 saturated heterocycles. The standard InChI is InChI=1S/C18H23N/c1-13-4-6-16(7-5-13)8-9-18(19)17-11-14(2)10-15(3)12-17/h4-7,10-12,18H,8-9,19H2,1-3H3. The Morgan fingerprint density at radius 2 is 1.42 bits per heavy atom. The summed E-state index contributed by atoms with van der Waals surface area (Å²) in [6.07, 6.45) is 2.03. The minimum atomic E-state index is 0.125. The van der Waals surface area contributed by atoms with Crippen molar-refractivity contribution in [2.75, 3.05) is 0 Å². The highest BCUT2D eigenvalue weighted by molar-refractivity contribution is 5.30. The van der Waals surface area contributed by atoms with Gasteiger partial charge in [-0.15, -0.1) is 0 Å². The van der Waals surface area contributed by atoms with E-state index in [1.54, 1.807) is 0 Å².